The molecule has 0 aromatic heterocycles. The molecule has 0 bridgehead atoms. The van der Waals surface area contributed by atoms with Gasteiger partial charge in [0.25, 0.3) is 0 Å². The molecular formula is C12H19N3O. The second-order valence-corrected chi connectivity index (χ2v) is 4.25. The molecule has 0 spiro atoms. The number of para-hydroxylation sites is 1. The van der Waals surface area contributed by atoms with E-state index in [4.69, 9.17) is 5.90 Å². The van der Waals surface area contributed by atoms with Crippen molar-refractivity contribution in [2.75, 3.05) is 43.6 Å². The van der Waals surface area contributed by atoms with Crippen LogP contribution in [-0.2, 0) is 11.3 Å². The monoisotopic (exact) mass is 221 g/mol. The lowest BCUT2D eigenvalue weighted by molar-refractivity contribution is 0.141. The highest BCUT2D eigenvalue weighted by atomic mass is 16.6. The molecular weight excluding hydrogens is 202 g/mol. The van der Waals surface area contributed by atoms with Gasteiger partial charge in [-0.05, 0) is 18.1 Å². The van der Waals surface area contributed by atoms with Crippen molar-refractivity contribution < 1.29 is 4.84 Å². The Kier molecular flexibility index (Phi) is 3.31. The Morgan fingerprint density at radius 1 is 1.25 bits per heavy atom. The van der Waals surface area contributed by atoms with Crippen molar-refractivity contribution in [3.8, 4) is 0 Å². The van der Waals surface area contributed by atoms with Crippen LogP contribution in [0.25, 0.3) is 0 Å². The minimum absolute atomic E-state index is 0.563. The zero-order valence-corrected chi connectivity index (χ0v) is 9.94. The van der Waals surface area contributed by atoms with Gasteiger partial charge in [-0.1, -0.05) is 12.1 Å². The molecule has 0 saturated carbocycles. The Balaban J connectivity index is 2.35. The molecule has 1 aliphatic heterocycles. The largest absolute Gasteiger partial charge is 0.371 e. The van der Waals surface area contributed by atoms with E-state index in [1.54, 1.807) is 0 Å². The van der Waals surface area contributed by atoms with E-state index in [2.05, 4.69) is 46.9 Å². The van der Waals surface area contributed by atoms with Crippen molar-refractivity contribution in [1.29, 1.82) is 0 Å². The van der Waals surface area contributed by atoms with Gasteiger partial charge in [0.05, 0.1) is 18.0 Å². The molecule has 1 aromatic carbocycles. The number of anilines is 2. The molecule has 0 amide bonds. The molecule has 16 heavy (non-hydrogen) atoms. The van der Waals surface area contributed by atoms with E-state index in [1.165, 1.54) is 16.9 Å². The maximum atomic E-state index is 5.09. The molecule has 4 nitrogen and oxygen atoms in total. The Labute approximate surface area is 96.5 Å². The Morgan fingerprint density at radius 2 is 2.00 bits per heavy atom. The predicted octanol–water partition coefficient (Wildman–Crippen LogP) is 1.01. The lowest BCUT2D eigenvalue weighted by Crippen LogP contribution is -2.37. The number of hydrogen-bond donors (Lipinski definition) is 1. The van der Waals surface area contributed by atoms with Crippen LogP contribution in [0.1, 0.15) is 5.56 Å². The maximum Gasteiger partial charge on any atom is 0.0720 e. The van der Waals surface area contributed by atoms with Gasteiger partial charge in [0, 0.05) is 27.2 Å². The molecule has 1 aromatic rings. The van der Waals surface area contributed by atoms with E-state index in [-0.39, 0.29) is 0 Å². The number of hydrogen-bond acceptors (Lipinski definition) is 4. The van der Waals surface area contributed by atoms with Crippen molar-refractivity contribution in [3.05, 3.63) is 23.8 Å². The quantitative estimate of drug-likeness (QED) is 0.773. The van der Waals surface area contributed by atoms with E-state index >= 15 is 0 Å². The third kappa shape index (κ3) is 1.99. The van der Waals surface area contributed by atoms with E-state index in [9.17, 15) is 0 Å². The first-order chi connectivity index (χ1) is 7.74. The van der Waals surface area contributed by atoms with Gasteiger partial charge in [-0.2, -0.15) is 0 Å². The first kappa shape index (κ1) is 11.2. The average Bonchev–Trinajstić information content (AvgIpc) is 2.31. The van der Waals surface area contributed by atoms with Gasteiger partial charge in [-0.25, -0.2) is 5.90 Å². The molecule has 2 N–H and O–H groups in total. The third-order valence-corrected chi connectivity index (χ3v) is 3.15. The van der Waals surface area contributed by atoms with Crippen LogP contribution in [0.4, 0.5) is 11.4 Å². The van der Waals surface area contributed by atoms with Crippen LogP contribution in [0, 0.1) is 0 Å². The zero-order valence-electron chi connectivity index (χ0n) is 9.94. The second-order valence-electron chi connectivity index (χ2n) is 4.25. The SMILES string of the molecule is CN1CCN(C)c2c(CCON)cccc21. The summed E-state index contributed by atoms with van der Waals surface area (Å²) in [4.78, 5) is 9.27. The maximum absolute atomic E-state index is 5.09. The first-order valence-electron chi connectivity index (χ1n) is 5.60. The highest BCUT2D eigenvalue weighted by Crippen LogP contribution is 2.34. The molecule has 1 aliphatic rings. The Morgan fingerprint density at radius 3 is 2.75 bits per heavy atom. The molecule has 0 radical (unpaired) electrons. The second kappa shape index (κ2) is 4.72. The van der Waals surface area contributed by atoms with Crippen LogP contribution in [0.15, 0.2) is 18.2 Å². The number of rotatable bonds is 3. The van der Waals surface area contributed by atoms with E-state index in [1.807, 2.05) is 0 Å². The molecule has 1 heterocycles. The number of benzene rings is 1. The Hall–Kier alpha value is -1.26. The fraction of sp³-hybridized carbons (Fsp3) is 0.500. The summed E-state index contributed by atoms with van der Waals surface area (Å²) in [6, 6.07) is 6.41. The Bertz CT molecular complexity index is 367. The van der Waals surface area contributed by atoms with Crippen molar-refractivity contribution in [2.45, 2.75) is 6.42 Å². The minimum Gasteiger partial charge on any atom is -0.371 e. The summed E-state index contributed by atoms with van der Waals surface area (Å²) in [6.07, 6.45) is 0.859. The van der Waals surface area contributed by atoms with Crippen molar-refractivity contribution >= 4 is 11.4 Å². The predicted molar refractivity (Wildman–Crippen MR) is 66.8 cm³/mol. The molecule has 0 fully saturated rings. The third-order valence-electron chi connectivity index (χ3n) is 3.15. The fourth-order valence-corrected chi connectivity index (χ4v) is 2.23. The van der Waals surface area contributed by atoms with E-state index < -0.39 is 0 Å². The molecule has 88 valence electrons. The lowest BCUT2D eigenvalue weighted by Gasteiger charge is -2.36. The highest BCUT2D eigenvalue weighted by Gasteiger charge is 2.19. The average molecular weight is 221 g/mol. The summed E-state index contributed by atoms with van der Waals surface area (Å²) >= 11 is 0. The minimum atomic E-state index is 0.563. The zero-order chi connectivity index (χ0) is 11.5. The molecule has 0 atom stereocenters. The van der Waals surface area contributed by atoms with Gasteiger partial charge in [-0.15, -0.1) is 0 Å². The van der Waals surface area contributed by atoms with Crippen LogP contribution in [0.3, 0.4) is 0 Å². The number of nitrogens with zero attached hydrogens (tertiary/aromatic N) is 2. The van der Waals surface area contributed by atoms with Crippen molar-refractivity contribution in [2.24, 2.45) is 5.90 Å². The first-order valence-corrected chi connectivity index (χ1v) is 5.60. The van der Waals surface area contributed by atoms with Gasteiger partial charge in [0.15, 0.2) is 0 Å². The lowest BCUT2D eigenvalue weighted by atomic mass is 10.0. The fourth-order valence-electron chi connectivity index (χ4n) is 2.23. The van der Waals surface area contributed by atoms with Gasteiger partial charge in [-0.3, -0.25) is 0 Å². The van der Waals surface area contributed by atoms with Gasteiger partial charge >= 0.3 is 0 Å². The summed E-state index contributed by atoms with van der Waals surface area (Å²) in [7, 11) is 4.27. The molecule has 4 heteroatoms. The van der Waals surface area contributed by atoms with Gasteiger partial charge in [0.2, 0.25) is 0 Å². The number of likely N-dealkylation sites (N-methyl/N-ethyl adjacent to an activating group) is 2. The van der Waals surface area contributed by atoms with Gasteiger partial charge < -0.3 is 14.6 Å². The number of nitrogens with two attached hydrogens (primary N) is 1. The van der Waals surface area contributed by atoms with E-state index in [0.29, 0.717) is 6.61 Å². The van der Waals surface area contributed by atoms with Crippen LogP contribution in [0.5, 0.6) is 0 Å². The highest BCUT2D eigenvalue weighted by molar-refractivity contribution is 5.76. The number of fused-ring (bicyclic) bond motifs is 1. The van der Waals surface area contributed by atoms with Crippen LogP contribution in [-0.4, -0.2) is 33.8 Å². The topological polar surface area (TPSA) is 41.7 Å². The normalized spacial score (nSPS) is 15.2. The summed E-state index contributed by atoms with van der Waals surface area (Å²) in [6.45, 7) is 2.69. The van der Waals surface area contributed by atoms with Crippen molar-refractivity contribution in [3.63, 3.8) is 0 Å². The molecule has 0 aliphatic carbocycles. The van der Waals surface area contributed by atoms with Crippen LogP contribution in [0.2, 0.25) is 0 Å². The molecule has 0 unspecified atom stereocenters. The van der Waals surface area contributed by atoms with Crippen LogP contribution >= 0.6 is 0 Å². The standard InChI is InChI=1S/C12H19N3O/c1-14-7-8-15(2)12-10(6-9-16-13)4-3-5-11(12)14/h3-5H,6-9,13H2,1-2H3. The summed E-state index contributed by atoms with van der Waals surface area (Å²) in [5, 5.41) is 0. The van der Waals surface area contributed by atoms with Crippen molar-refractivity contribution in [1.82, 2.24) is 0 Å². The molecule has 0 saturated heterocycles. The summed E-state index contributed by atoms with van der Waals surface area (Å²) < 4.78 is 0. The summed E-state index contributed by atoms with van der Waals surface area (Å²) in [5.74, 6) is 5.09. The summed E-state index contributed by atoms with van der Waals surface area (Å²) in [5.41, 5.74) is 3.91. The smallest absolute Gasteiger partial charge is 0.0720 e. The van der Waals surface area contributed by atoms with E-state index in [0.717, 1.165) is 19.5 Å². The van der Waals surface area contributed by atoms with Gasteiger partial charge in [0.1, 0.15) is 0 Å². The molecule has 2 rings (SSSR count). The van der Waals surface area contributed by atoms with Crippen LogP contribution < -0.4 is 15.7 Å².